The maximum absolute atomic E-state index is 12.2. The number of likely N-dealkylation sites (tertiary alicyclic amines) is 1. The first kappa shape index (κ1) is 14.0. The molecule has 0 saturated carbocycles. The van der Waals surface area contributed by atoms with Crippen molar-refractivity contribution in [1.29, 1.82) is 0 Å². The molecule has 1 saturated heterocycles. The van der Waals surface area contributed by atoms with Gasteiger partial charge in [0.1, 0.15) is 0 Å². The fraction of sp³-hybridized carbons (Fsp3) is 0.533. The van der Waals surface area contributed by atoms with Crippen LogP contribution in [0.4, 0.5) is 0 Å². The number of nitrogens with zero attached hydrogens (tertiary/aromatic N) is 2. The van der Waals surface area contributed by atoms with Gasteiger partial charge in [-0.05, 0) is 51.4 Å². The Morgan fingerprint density at radius 2 is 2.21 bits per heavy atom. The number of carbonyl (C=O) groups excluding carboxylic acids is 1. The summed E-state index contributed by atoms with van der Waals surface area (Å²) in [7, 11) is 2.14. The van der Waals surface area contributed by atoms with Crippen molar-refractivity contribution in [2.24, 2.45) is 5.84 Å². The molecule has 1 aliphatic heterocycles. The molecular weight excluding hydrogens is 238 g/mol. The first-order valence-electron chi connectivity index (χ1n) is 6.92. The van der Waals surface area contributed by atoms with Crippen LogP contribution in [0.15, 0.2) is 24.3 Å². The summed E-state index contributed by atoms with van der Waals surface area (Å²) in [5.41, 5.74) is 1.67. The number of benzene rings is 1. The molecule has 1 aromatic carbocycles. The predicted molar refractivity (Wildman–Crippen MR) is 76.7 cm³/mol. The molecule has 1 fully saturated rings. The minimum atomic E-state index is -0.0845. The number of amides is 1. The SMILES string of the molecule is Cc1ccccc1C(=O)N(N)CCC1CCCN1C. The van der Waals surface area contributed by atoms with Crippen molar-refractivity contribution in [3.63, 3.8) is 0 Å². The molecular formula is C15H23N3O. The summed E-state index contributed by atoms with van der Waals surface area (Å²) in [5, 5.41) is 1.36. The van der Waals surface area contributed by atoms with Gasteiger partial charge in [-0.2, -0.15) is 0 Å². The van der Waals surface area contributed by atoms with Gasteiger partial charge in [-0.15, -0.1) is 0 Å². The van der Waals surface area contributed by atoms with Gasteiger partial charge in [0.15, 0.2) is 0 Å². The van der Waals surface area contributed by atoms with Gasteiger partial charge in [0.25, 0.3) is 5.91 Å². The molecule has 0 aromatic heterocycles. The number of hydrazine groups is 1. The Morgan fingerprint density at radius 3 is 2.84 bits per heavy atom. The fourth-order valence-corrected chi connectivity index (χ4v) is 2.70. The van der Waals surface area contributed by atoms with E-state index >= 15 is 0 Å². The zero-order valence-electron chi connectivity index (χ0n) is 11.8. The Morgan fingerprint density at radius 1 is 1.47 bits per heavy atom. The van der Waals surface area contributed by atoms with Crippen LogP contribution in [-0.2, 0) is 0 Å². The highest BCUT2D eigenvalue weighted by molar-refractivity contribution is 5.95. The topological polar surface area (TPSA) is 49.6 Å². The largest absolute Gasteiger partial charge is 0.303 e. The van der Waals surface area contributed by atoms with E-state index in [1.165, 1.54) is 17.9 Å². The number of rotatable bonds is 4. The summed E-state index contributed by atoms with van der Waals surface area (Å²) in [6.45, 7) is 3.70. The molecule has 1 aromatic rings. The minimum Gasteiger partial charge on any atom is -0.303 e. The minimum absolute atomic E-state index is 0.0845. The molecule has 19 heavy (non-hydrogen) atoms. The Kier molecular flexibility index (Phi) is 4.56. The van der Waals surface area contributed by atoms with Crippen molar-refractivity contribution < 1.29 is 4.79 Å². The second-order valence-corrected chi connectivity index (χ2v) is 5.38. The second-order valence-electron chi connectivity index (χ2n) is 5.38. The number of aryl methyl sites for hydroxylation is 1. The van der Waals surface area contributed by atoms with E-state index in [-0.39, 0.29) is 5.91 Å². The maximum Gasteiger partial charge on any atom is 0.268 e. The molecule has 1 amide bonds. The van der Waals surface area contributed by atoms with E-state index in [1.54, 1.807) is 0 Å². The van der Waals surface area contributed by atoms with Gasteiger partial charge in [-0.1, -0.05) is 18.2 Å². The standard InChI is InChI=1S/C15H23N3O/c1-12-6-3-4-8-14(12)15(19)18(16)11-9-13-7-5-10-17(13)2/h3-4,6,8,13H,5,7,9-11,16H2,1-2H3. The van der Waals surface area contributed by atoms with Crippen molar-refractivity contribution in [1.82, 2.24) is 9.91 Å². The van der Waals surface area contributed by atoms with E-state index in [1.807, 2.05) is 31.2 Å². The van der Waals surface area contributed by atoms with Gasteiger partial charge in [-0.3, -0.25) is 9.80 Å². The molecule has 1 unspecified atom stereocenters. The Bertz CT molecular complexity index is 447. The van der Waals surface area contributed by atoms with E-state index in [2.05, 4.69) is 11.9 Å². The lowest BCUT2D eigenvalue weighted by Crippen LogP contribution is -2.40. The van der Waals surface area contributed by atoms with Crippen LogP contribution in [0.1, 0.15) is 35.2 Å². The summed E-state index contributed by atoms with van der Waals surface area (Å²) in [6, 6.07) is 8.14. The van der Waals surface area contributed by atoms with Crippen LogP contribution in [0.3, 0.4) is 0 Å². The molecule has 1 atom stereocenters. The third-order valence-electron chi connectivity index (χ3n) is 4.01. The molecule has 0 aliphatic carbocycles. The first-order chi connectivity index (χ1) is 9.09. The molecule has 0 radical (unpaired) electrons. The van der Waals surface area contributed by atoms with Crippen molar-refractivity contribution >= 4 is 5.91 Å². The van der Waals surface area contributed by atoms with Crippen molar-refractivity contribution in [3.8, 4) is 0 Å². The van der Waals surface area contributed by atoms with E-state index in [4.69, 9.17) is 5.84 Å². The van der Waals surface area contributed by atoms with Crippen LogP contribution in [0, 0.1) is 6.92 Å². The Hall–Kier alpha value is -1.39. The van der Waals surface area contributed by atoms with Crippen LogP contribution in [0.2, 0.25) is 0 Å². The molecule has 4 nitrogen and oxygen atoms in total. The lowest BCUT2D eigenvalue weighted by molar-refractivity contribution is 0.0741. The molecule has 104 valence electrons. The number of hydrogen-bond donors (Lipinski definition) is 1. The summed E-state index contributed by atoms with van der Waals surface area (Å²) in [5.74, 6) is 5.82. The zero-order chi connectivity index (χ0) is 13.8. The van der Waals surface area contributed by atoms with Crippen molar-refractivity contribution in [2.45, 2.75) is 32.2 Å². The normalized spacial score (nSPS) is 19.6. The van der Waals surface area contributed by atoms with Gasteiger partial charge in [0.05, 0.1) is 0 Å². The van der Waals surface area contributed by atoms with Gasteiger partial charge in [-0.25, -0.2) is 5.84 Å². The number of carbonyl (C=O) groups is 1. The lowest BCUT2D eigenvalue weighted by atomic mass is 10.1. The summed E-state index contributed by atoms with van der Waals surface area (Å²) in [6.07, 6.45) is 3.41. The molecule has 2 N–H and O–H groups in total. The third kappa shape index (κ3) is 3.33. The fourth-order valence-electron chi connectivity index (χ4n) is 2.70. The van der Waals surface area contributed by atoms with Crippen LogP contribution >= 0.6 is 0 Å². The zero-order valence-corrected chi connectivity index (χ0v) is 11.8. The highest BCUT2D eigenvalue weighted by Crippen LogP contribution is 2.18. The van der Waals surface area contributed by atoms with Gasteiger partial charge in [0.2, 0.25) is 0 Å². The monoisotopic (exact) mass is 261 g/mol. The Balaban J connectivity index is 1.91. The number of nitrogens with two attached hydrogens (primary N) is 1. The molecule has 0 spiro atoms. The maximum atomic E-state index is 12.2. The summed E-state index contributed by atoms with van der Waals surface area (Å²) < 4.78 is 0. The summed E-state index contributed by atoms with van der Waals surface area (Å²) in [4.78, 5) is 14.6. The van der Waals surface area contributed by atoms with Crippen LogP contribution in [0.25, 0.3) is 0 Å². The third-order valence-corrected chi connectivity index (χ3v) is 4.01. The van der Waals surface area contributed by atoms with Crippen molar-refractivity contribution in [2.75, 3.05) is 20.1 Å². The Labute approximate surface area is 115 Å². The summed E-state index contributed by atoms with van der Waals surface area (Å²) >= 11 is 0. The van der Waals surface area contributed by atoms with Gasteiger partial charge < -0.3 is 4.90 Å². The van der Waals surface area contributed by atoms with Crippen molar-refractivity contribution in [3.05, 3.63) is 35.4 Å². The molecule has 4 heteroatoms. The first-order valence-corrected chi connectivity index (χ1v) is 6.92. The second kappa shape index (κ2) is 6.17. The molecule has 0 bridgehead atoms. The van der Waals surface area contributed by atoms with E-state index in [9.17, 15) is 4.79 Å². The van der Waals surface area contributed by atoms with E-state index in [0.29, 0.717) is 18.2 Å². The predicted octanol–water partition coefficient (Wildman–Crippen LogP) is 1.80. The molecule has 1 heterocycles. The highest BCUT2D eigenvalue weighted by Gasteiger charge is 2.22. The van der Waals surface area contributed by atoms with Crippen LogP contribution in [0.5, 0.6) is 0 Å². The van der Waals surface area contributed by atoms with Crippen LogP contribution in [-0.4, -0.2) is 42.0 Å². The average molecular weight is 261 g/mol. The number of hydrogen-bond acceptors (Lipinski definition) is 3. The van der Waals surface area contributed by atoms with E-state index < -0.39 is 0 Å². The molecule has 1 aliphatic rings. The highest BCUT2D eigenvalue weighted by atomic mass is 16.2. The van der Waals surface area contributed by atoms with Crippen LogP contribution < -0.4 is 5.84 Å². The quantitative estimate of drug-likeness (QED) is 0.511. The molecule has 2 rings (SSSR count). The van der Waals surface area contributed by atoms with Gasteiger partial charge >= 0.3 is 0 Å². The average Bonchev–Trinajstić information content (AvgIpc) is 2.81. The van der Waals surface area contributed by atoms with E-state index in [0.717, 1.165) is 18.5 Å². The smallest absolute Gasteiger partial charge is 0.268 e. The lowest BCUT2D eigenvalue weighted by Gasteiger charge is -2.23. The van der Waals surface area contributed by atoms with Gasteiger partial charge in [0, 0.05) is 18.2 Å².